The molecule has 1 fully saturated rings. The molecule has 7 nitrogen and oxygen atoms in total. The molecule has 1 aliphatic heterocycles. The number of benzene rings is 2. The maximum atomic E-state index is 13.0. The number of urea groups is 1. The fraction of sp³-hybridized carbons (Fsp3) is 0.423. The molecule has 0 saturated carbocycles. The second-order valence-corrected chi connectivity index (χ2v) is 9.33. The number of anilines is 1. The number of ether oxygens (including phenoxy) is 2. The number of carbonyl (C=O) groups excluding carboxylic acids is 3. The van der Waals surface area contributed by atoms with Crippen molar-refractivity contribution in [3.05, 3.63) is 59.7 Å². The highest BCUT2D eigenvalue weighted by Crippen LogP contribution is 2.46. The number of aryl methyl sites for hydroxylation is 1. The van der Waals surface area contributed by atoms with Gasteiger partial charge in [0.1, 0.15) is 16.8 Å². The van der Waals surface area contributed by atoms with Crippen LogP contribution in [0.4, 0.5) is 10.5 Å². The molecule has 1 unspecified atom stereocenters. The number of esters is 1. The van der Waals surface area contributed by atoms with Gasteiger partial charge in [-0.15, -0.1) is 0 Å². The number of amides is 3. The van der Waals surface area contributed by atoms with Gasteiger partial charge in [0, 0.05) is 5.69 Å². The van der Waals surface area contributed by atoms with Gasteiger partial charge < -0.3 is 14.8 Å². The number of carbonyl (C=O) groups is 3. The zero-order chi connectivity index (χ0) is 24.4. The Morgan fingerprint density at radius 2 is 1.70 bits per heavy atom. The minimum Gasteiger partial charge on any atom is -0.469 e. The molecule has 0 spiro atoms. The Labute approximate surface area is 195 Å². The Morgan fingerprint density at radius 3 is 2.24 bits per heavy atom. The van der Waals surface area contributed by atoms with Gasteiger partial charge in [-0.05, 0) is 82.5 Å². The van der Waals surface area contributed by atoms with Gasteiger partial charge in [0.25, 0.3) is 0 Å². The van der Waals surface area contributed by atoms with Gasteiger partial charge in [0.15, 0.2) is 6.23 Å². The molecule has 7 heteroatoms. The third-order valence-electron chi connectivity index (χ3n) is 5.84. The lowest BCUT2D eigenvalue weighted by Crippen LogP contribution is -2.73. The van der Waals surface area contributed by atoms with E-state index in [1.54, 1.807) is 30.3 Å². The normalized spacial score (nSPS) is 17.2. The van der Waals surface area contributed by atoms with Gasteiger partial charge in [0.2, 0.25) is 5.91 Å². The fourth-order valence-corrected chi connectivity index (χ4v) is 3.94. The summed E-state index contributed by atoms with van der Waals surface area (Å²) in [7, 11) is 0. The van der Waals surface area contributed by atoms with E-state index >= 15 is 0 Å². The van der Waals surface area contributed by atoms with Crippen molar-refractivity contribution in [1.82, 2.24) is 4.90 Å². The molecule has 2 aromatic rings. The number of likely N-dealkylation sites (tertiary alicyclic amines) is 1. The molecule has 1 atom stereocenters. The molecular weight excluding hydrogens is 420 g/mol. The summed E-state index contributed by atoms with van der Waals surface area (Å²) in [5.41, 5.74) is 0.628. The van der Waals surface area contributed by atoms with Crippen molar-refractivity contribution in [2.45, 2.75) is 66.2 Å². The van der Waals surface area contributed by atoms with Crippen molar-refractivity contribution < 1.29 is 23.9 Å². The van der Waals surface area contributed by atoms with E-state index in [1.807, 2.05) is 59.7 Å². The summed E-state index contributed by atoms with van der Waals surface area (Å²) in [5.74, 6) is -0.226. The SMILES string of the molecule is CCC1(CC)C(=O)N(C(=O)Nc2cccc(C)c2)C1Oc1ccc(C(=O)OC(C)(C)C)cc1. The third-order valence-corrected chi connectivity index (χ3v) is 5.84. The van der Waals surface area contributed by atoms with E-state index in [1.165, 1.54) is 0 Å². The lowest BCUT2D eigenvalue weighted by Gasteiger charge is -2.53. The number of imide groups is 1. The molecule has 33 heavy (non-hydrogen) atoms. The molecule has 0 radical (unpaired) electrons. The first-order valence-corrected chi connectivity index (χ1v) is 11.2. The van der Waals surface area contributed by atoms with Crippen LogP contribution in [0.2, 0.25) is 0 Å². The highest BCUT2D eigenvalue weighted by atomic mass is 16.6. The molecule has 1 N–H and O–H groups in total. The van der Waals surface area contributed by atoms with Gasteiger partial charge in [-0.1, -0.05) is 26.0 Å². The first kappa shape index (κ1) is 24.3. The number of hydrogen-bond acceptors (Lipinski definition) is 5. The van der Waals surface area contributed by atoms with Gasteiger partial charge in [-0.2, -0.15) is 0 Å². The van der Waals surface area contributed by atoms with E-state index < -0.39 is 29.2 Å². The summed E-state index contributed by atoms with van der Waals surface area (Å²) in [6, 6.07) is 13.4. The number of β-lactam (4-membered cyclic amide) rings is 1. The number of nitrogens with one attached hydrogen (secondary N) is 1. The fourth-order valence-electron chi connectivity index (χ4n) is 3.94. The van der Waals surface area contributed by atoms with E-state index in [0.717, 1.165) is 10.5 Å². The summed E-state index contributed by atoms with van der Waals surface area (Å²) in [5, 5.41) is 2.79. The Bertz CT molecular complexity index is 1040. The summed E-state index contributed by atoms with van der Waals surface area (Å²) < 4.78 is 11.5. The minimum atomic E-state index is -0.784. The molecule has 2 aromatic carbocycles. The van der Waals surface area contributed by atoms with Crippen LogP contribution in [0.5, 0.6) is 5.75 Å². The Morgan fingerprint density at radius 1 is 1.06 bits per heavy atom. The van der Waals surface area contributed by atoms with Crippen molar-refractivity contribution in [3.8, 4) is 5.75 Å². The Kier molecular flexibility index (Phi) is 6.81. The topological polar surface area (TPSA) is 84.9 Å². The number of nitrogens with zero attached hydrogens (tertiary/aromatic N) is 1. The predicted octanol–water partition coefficient (Wildman–Crippen LogP) is 5.54. The largest absolute Gasteiger partial charge is 0.469 e. The third kappa shape index (κ3) is 5.02. The van der Waals surface area contributed by atoms with Crippen LogP contribution in [-0.2, 0) is 9.53 Å². The zero-order valence-electron chi connectivity index (χ0n) is 20.1. The van der Waals surface area contributed by atoms with Crippen molar-refractivity contribution in [2.75, 3.05) is 5.32 Å². The molecule has 1 aliphatic rings. The van der Waals surface area contributed by atoms with Crippen LogP contribution in [-0.4, -0.2) is 34.6 Å². The van der Waals surface area contributed by atoms with Gasteiger partial charge in [-0.3, -0.25) is 4.79 Å². The van der Waals surface area contributed by atoms with Crippen molar-refractivity contribution >= 4 is 23.6 Å². The smallest absolute Gasteiger partial charge is 0.338 e. The van der Waals surface area contributed by atoms with Crippen LogP contribution in [0, 0.1) is 12.3 Å². The Balaban J connectivity index is 1.79. The first-order chi connectivity index (χ1) is 15.5. The average molecular weight is 453 g/mol. The average Bonchev–Trinajstić information content (AvgIpc) is 2.74. The van der Waals surface area contributed by atoms with Crippen LogP contribution < -0.4 is 10.1 Å². The molecule has 0 aliphatic carbocycles. The summed E-state index contributed by atoms with van der Waals surface area (Å²) in [6.07, 6.45) is 0.325. The lowest BCUT2D eigenvalue weighted by molar-refractivity contribution is -0.190. The molecule has 0 aromatic heterocycles. The second-order valence-electron chi connectivity index (χ2n) is 9.33. The highest BCUT2D eigenvalue weighted by Gasteiger charge is 2.62. The van der Waals surface area contributed by atoms with E-state index in [9.17, 15) is 14.4 Å². The van der Waals surface area contributed by atoms with E-state index in [4.69, 9.17) is 9.47 Å². The number of hydrogen-bond donors (Lipinski definition) is 1. The van der Waals surface area contributed by atoms with Gasteiger partial charge >= 0.3 is 12.0 Å². The second kappa shape index (κ2) is 9.25. The zero-order valence-corrected chi connectivity index (χ0v) is 20.1. The van der Waals surface area contributed by atoms with E-state index in [2.05, 4.69) is 5.32 Å². The van der Waals surface area contributed by atoms with E-state index in [0.29, 0.717) is 29.8 Å². The summed E-state index contributed by atoms with van der Waals surface area (Å²) in [6.45, 7) is 11.2. The maximum Gasteiger partial charge on any atom is 0.338 e. The monoisotopic (exact) mass is 452 g/mol. The van der Waals surface area contributed by atoms with Crippen LogP contribution in [0.3, 0.4) is 0 Å². The van der Waals surface area contributed by atoms with Crippen LogP contribution in [0.25, 0.3) is 0 Å². The quantitative estimate of drug-likeness (QED) is 0.460. The van der Waals surface area contributed by atoms with Crippen LogP contribution >= 0.6 is 0 Å². The lowest BCUT2D eigenvalue weighted by atomic mass is 9.72. The van der Waals surface area contributed by atoms with E-state index in [-0.39, 0.29) is 5.91 Å². The predicted molar refractivity (Wildman–Crippen MR) is 126 cm³/mol. The van der Waals surface area contributed by atoms with Crippen molar-refractivity contribution in [1.29, 1.82) is 0 Å². The molecule has 1 heterocycles. The molecule has 176 valence electrons. The molecule has 1 saturated heterocycles. The first-order valence-electron chi connectivity index (χ1n) is 11.2. The molecule has 0 bridgehead atoms. The summed E-state index contributed by atoms with van der Waals surface area (Å²) in [4.78, 5) is 39.4. The van der Waals surface area contributed by atoms with Crippen molar-refractivity contribution in [2.24, 2.45) is 5.41 Å². The molecule has 3 rings (SSSR count). The van der Waals surface area contributed by atoms with Crippen LogP contribution in [0.1, 0.15) is 63.4 Å². The van der Waals surface area contributed by atoms with Gasteiger partial charge in [0.05, 0.1) is 5.56 Å². The standard InChI is InChI=1S/C26H32N2O5/c1-7-26(8-2)22(30)28(24(31)27-19-11-9-10-17(3)16-19)23(26)32-20-14-12-18(13-15-20)21(29)33-25(4,5)6/h9-16,23H,7-8H2,1-6H3,(H,27,31). The Hall–Kier alpha value is -3.35. The molecule has 3 amide bonds. The van der Waals surface area contributed by atoms with Crippen molar-refractivity contribution in [3.63, 3.8) is 0 Å². The maximum absolute atomic E-state index is 13.0. The number of rotatable bonds is 6. The highest BCUT2D eigenvalue weighted by molar-refractivity contribution is 6.07. The summed E-state index contributed by atoms with van der Waals surface area (Å²) >= 11 is 0. The molecular formula is C26H32N2O5. The van der Waals surface area contributed by atoms with Crippen LogP contribution in [0.15, 0.2) is 48.5 Å². The van der Waals surface area contributed by atoms with Gasteiger partial charge in [-0.25, -0.2) is 14.5 Å². The minimum absolute atomic E-state index is 0.256.